The molecular weight excluding hydrogens is 320 g/mol. The van der Waals surface area contributed by atoms with Crippen molar-refractivity contribution in [2.75, 3.05) is 0 Å². The summed E-state index contributed by atoms with van der Waals surface area (Å²) in [5.74, 6) is -0.103. The highest BCUT2D eigenvalue weighted by Crippen LogP contribution is 2.23. The summed E-state index contributed by atoms with van der Waals surface area (Å²) in [6.07, 6.45) is 1.51. The van der Waals surface area contributed by atoms with E-state index in [2.05, 4.69) is 26.5 Å². The van der Waals surface area contributed by atoms with Crippen LogP contribution in [0.5, 0.6) is 5.75 Å². The molecule has 0 heterocycles. The van der Waals surface area contributed by atoms with Crippen LogP contribution in [0.15, 0.2) is 52.0 Å². The maximum Gasteiger partial charge on any atom is 0.271 e. The highest BCUT2D eigenvalue weighted by molar-refractivity contribution is 9.10. The topological polar surface area (TPSA) is 61.7 Å². The zero-order valence-electron chi connectivity index (χ0n) is 10.8. The molecule has 2 aromatic rings. The Morgan fingerprint density at radius 2 is 2.10 bits per heavy atom. The van der Waals surface area contributed by atoms with Crippen LogP contribution in [0.4, 0.5) is 0 Å². The van der Waals surface area contributed by atoms with Crippen molar-refractivity contribution in [3.63, 3.8) is 0 Å². The molecule has 0 saturated carbocycles. The molecule has 102 valence electrons. The van der Waals surface area contributed by atoms with E-state index in [9.17, 15) is 9.90 Å². The average molecular weight is 333 g/mol. The quantitative estimate of drug-likeness (QED) is 0.669. The number of phenolic OH excluding ortho intramolecular Hbond substituents is 1. The van der Waals surface area contributed by atoms with Crippen LogP contribution >= 0.6 is 15.9 Å². The lowest BCUT2D eigenvalue weighted by Crippen LogP contribution is -2.17. The molecule has 2 N–H and O–H groups in total. The number of nitrogens with zero attached hydrogens (tertiary/aromatic N) is 1. The second-order valence-electron chi connectivity index (χ2n) is 4.28. The van der Waals surface area contributed by atoms with Gasteiger partial charge in [-0.3, -0.25) is 4.79 Å². The molecule has 0 saturated heterocycles. The number of phenols is 1. The van der Waals surface area contributed by atoms with Crippen molar-refractivity contribution in [2.24, 2.45) is 5.10 Å². The number of aryl methyl sites for hydroxylation is 1. The smallest absolute Gasteiger partial charge is 0.271 e. The van der Waals surface area contributed by atoms with Gasteiger partial charge in [0.05, 0.1) is 10.7 Å². The first-order valence-corrected chi connectivity index (χ1v) is 6.74. The second kappa shape index (κ2) is 6.34. The lowest BCUT2D eigenvalue weighted by atomic mass is 10.1. The summed E-state index contributed by atoms with van der Waals surface area (Å²) in [6.45, 7) is 1.92. The zero-order chi connectivity index (χ0) is 14.5. The van der Waals surface area contributed by atoms with Crippen LogP contribution in [-0.4, -0.2) is 17.2 Å². The van der Waals surface area contributed by atoms with E-state index in [1.807, 2.05) is 19.1 Å². The van der Waals surface area contributed by atoms with Crippen LogP contribution in [-0.2, 0) is 0 Å². The third-order valence-corrected chi connectivity index (χ3v) is 3.27. The summed E-state index contributed by atoms with van der Waals surface area (Å²) < 4.78 is 0.575. The Morgan fingerprint density at radius 1 is 1.30 bits per heavy atom. The maximum atomic E-state index is 11.8. The molecule has 1 amide bonds. The van der Waals surface area contributed by atoms with Crippen molar-refractivity contribution in [1.29, 1.82) is 0 Å². The van der Waals surface area contributed by atoms with E-state index >= 15 is 0 Å². The van der Waals surface area contributed by atoms with Gasteiger partial charge in [-0.1, -0.05) is 17.7 Å². The Balaban J connectivity index is 2.02. The van der Waals surface area contributed by atoms with Gasteiger partial charge in [-0.05, 0) is 58.7 Å². The summed E-state index contributed by atoms with van der Waals surface area (Å²) in [6, 6.07) is 12.2. The maximum absolute atomic E-state index is 11.8. The third-order valence-electron chi connectivity index (χ3n) is 2.63. The van der Waals surface area contributed by atoms with Gasteiger partial charge in [-0.25, -0.2) is 5.43 Å². The van der Waals surface area contributed by atoms with Gasteiger partial charge in [0.1, 0.15) is 5.75 Å². The van der Waals surface area contributed by atoms with E-state index in [4.69, 9.17) is 0 Å². The molecule has 0 aliphatic heterocycles. The number of hydrazone groups is 1. The fourth-order valence-corrected chi connectivity index (χ4v) is 2.02. The van der Waals surface area contributed by atoms with Gasteiger partial charge < -0.3 is 5.11 Å². The van der Waals surface area contributed by atoms with Crippen LogP contribution in [0.25, 0.3) is 0 Å². The molecule has 2 aromatic carbocycles. The summed E-state index contributed by atoms with van der Waals surface area (Å²) in [5, 5.41) is 13.3. The normalized spacial score (nSPS) is 10.7. The second-order valence-corrected chi connectivity index (χ2v) is 5.13. The Morgan fingerprint density at radius 3 is 2.80 bits per heavy atom. The molecule has 0 aliphatic rings. The molecule has 0 bridgehead atoms. The minimum absolute atomic E-state index is 0.158. The van der Waals surface area contributed by atoms with Crippen molar-refractivity contribution >= 4 is 28.1 Å². The minimum atomic E-state index is -0.261. The zero-order valence-corrected chi connectivity index (χ0v) is 12.4. The van der Waals surface area contributed by atoms with Crippen LogP contribution in [0, 0.1) is 6.92 Å². The predicted molar refractivity (Wildman–Crippen MR) is 82.0 cm³/mol. The molecule has 5 heteroatoms. The van der Waals surface area contributed by atoms with E-state index in [0.717, 1.165) is 11.1 Å². The first kappa shape index (κ1) is 14.3. The van der Waals surface area contributed by atoms with Crippen LogP contribution in [0.1, 0.15) is 21.5 Å². The first-order valence-electron chi connectivity index (χ1n) is 5.95. The van der Waals surface area contributed by atoms with Crippen LogP contribution in [0.3, 0.4) is 0 Å². The third kappa shape index (κ3) is 3.68. The summed E-state index contributed by atoms with van der Waals surface area (Å²) >= 11 is 3.21. The van der Waals surface area contributed by atoms with Crippen molar-refractivity contribution < 1.29 is 9.90 Å². The van der Waals surface area contributed by atoms with E-state index in [1.54, 1.807) is 30.3 Å². The SMILES string of the molecule is Cc1cccc(C(=O)N/N=C/c2ccc(O)c(Br)c2)c1. The van der Waals surface area contributed by atoms with Crippen molar-refractivity contribution in [3.8, 4) is 5.75 Å². The number of benzene rings is 2. The number of hydrogen-bond acceptors (Lipinski definition) is 3. The molecule has 20 heavy (non-hydrogen) atoms. The van der Waals surface area contributed by atoms with E-state index in [-0.39, 0.29) is 11.7 Å². The molecule has 0 aliphatic carbocycles. The standard InChI is InChI=1S/C15H13BrN2O2/c1-10-3-2-4-12(7-10)15(20)18-17-9-11-5-6-14(19)13(16)8-11/h2-9,19H,1H3,(H,18,20)/b17-9+. The highest BCUT2D eigenvalue weighted by atomic mass is 79.9. The van der Waals surface area contributed by atoms with Gasteiger partial charge in [-0.15, -0.1) is 0 Å². The molecule has 2 rings (SSSR count). The highest BCUT2D eigenvalue weighted by Gasteiger charge is 2.03. The van der Waals surface area contributed by atoms with Gasteiger partial charge >= 0.3 is 0 Å². The fraction of sp³-hybridized carbons (Fsp3) is 0.0667. The van der Waals surface area contributed by atoms with Crippen molar-refractivity contribution in [3.05, 3.63) is 63.6 Å². The predicted octanol–water partition coefficient (Wildman–Crippen LogP) is 3.23. The molecular formula is C15H13BrN2O2. The molecule has 0 spiro atoms. The Hall–Kier alpha value is -2.14. The minimum Gasteiger partial charge on any atom is -0.507 e. The number of aromatic hydroxyl groups is 1. The average Bonchev–Trinajstić information content (AvgIpc) is 2.42. The van der Waals surface area contributed by atoms with Gasteiger partial charge in [0.2, 0.25) is 0 Å². The molecule has 0 radical (unpaired) electrons. The Bertz CT molecular complexity index is 669. The molecule has 0 aromatic heterocycles. The molecule has 0 atom stereocenters. The van der Waals surface area contributed by atoms with E-state index in [0.29, 0.717) is 10.0 Å². The summed E-state index contributed by atoms with van der Waals surface area (Å²) in [7, 11) is 0. The van der Waals surface area contributed by atoms with Crippen molar-refractivity contribution in [2.45, 2.75) is 6.92 Å². The summed E-state index contributed by atoms with van der Waals surface area (Å²) in [5.41, 5.74) is 4.81. The van der Waals surface area contributed by atoms with Crippen LogP contribution in [0.2, 0.25) is 0 Å². The monoisotopic (exact) mass is 332 g/mol. The van der Waals surface area contributed by atoms with Crippen LogP contribution < -0.4 is 5.43 Å². The van der Waals surface area contributed by atoms with E-state index in [1.165, 1.54) is 6.21 Å². The molecule has 0 fully saturated rings. The first-order chi connectivity index (χ1) is 9.56. The number of halogens is 1. The van der Waals surface area contributed by atoms with Gasteiger partial charge in [-0.2, -0.15) is 5.10 Å². The number of carbonyl (C=O) groups is 1. The van der Waals surface area contributed by atoms with Crippen molar-refractivity contribution in [1.82, 2.24) is 5.43 Å². The molecule has 4 nitrogen and oxygen atoms in total. The number of nitrogens with one attached hydrogen (secondary N) is 1. The fourth-order valence-electron chi connectivity index (χ4n) is 1.62. The number of hydrogen-bond donors (Lipinski definition) is 2. The lowest BCUT2D eigenvalue weighted by molar-refractivity contribution is 0.0955. The Kier molecular flexibility index (Phi) is 4.53. The lowest BCUT2D eigenvalue weighted by Gasteiger charge is -2.01. The summed E-state index contributed by atoms with van der Waals surface area (Å²) in [4.78, 5) is 11.8. The number of amides is 1. The number of carbonyl (C=O) groups excluding carboxylic acids is 1. The van der Waals surface area contributed by atoms with Gasteiger partial charge in [0, 0.05) is 5.56 Å². The van der Waals surface area contributed by atoms with E-state index < -0.39 is 0 Å². The van der Waals surface area contributed by atoms with Gasteiger partial charge in [0.25, 0.3) is 5.91 Å². The number of rotatable bonds is 3. The largest absolute Gasteiger partial charge is 0.507 e. The Labute approximate surface area is 125 Å². The molecule has 0 unspecified atom stereocenters. The van der Waals surface area contributed by atoms with Gasteiger partial charge in [0.15, 0.2) is 0 Å².